The third kappa shape index (κ3) is 7.71. The second-order valence-electron chi connectivity index (χ2n) is 6.44. The van der Waals surface area contributed by atoms with Gasteiger partial charge in [0, 0.05) is 24.1 Å². The first-order valence-corrected chi connectivity index (χ1v) is 9.35. The first kappa shape index (κ1) is 24.4. The van der Waals surface area contributed by atoms with Crippen molar-refractivity contribution in [3.8, 4) is 0 Å². The Morgan fingerprint density at radius 2 is 1.72 bits per heavy atom. The third-order valence-corrected chi connectivity index (χ3v) is 4.25. The van der Waals surface area contributed by atoms with Crippen LogP contribution in [0, 0.1) is 0 Å². The van der Waals surface area contributed by atoms with E-state index in [2.05, 4.69) is 38.5 Å². The largest absolute Gasteiger partial charge is 0.480 e. The molecule has 0 fully saturated rings. The second-order valence-corrected chi connectivity index (χ2v) is 6.80. The molecule has 162 valence electrons. The van der Waals surface area contributed by atoms with Gasteiger partial charge < -0.3 is 36.9 Å². The average molecular weight is 430 g/mol. The fourth-order valence-electron chi connectivity index (χ4n) is 2.24. The smallest absolute Gasteiger partial charge is 0.328 e. The van der Waals surface area contributed by atoms with Gasteiger partial charge in [-0.05, 0) is 13.8 Å². The van der Waals surface area contributed by atoms with E-state index < -0.39 is 54.0 Å². The number of hydrogen-bond donors (Lipinski definition) is 8. The van der Waals surface area contributed by atoms with Crippen molar-refractivity contribution < 1.29 is 29.4 Å². The summed E-state index contributed by atoms with van der Waals surface area (Å²) >= 11 is 4.03. The van der Waals surface area contributed by atoms with Gasteiger partial charge in [0.2, 0.25) is 17.7 Å². The molecule has 0 aromatic carbocycles. The molecule has 13 heteroatoms. The van der Waals surface area contributed by atoms with Crippen LogP contribution in [0.2, 0.25) is 0 Å². The van der Waals surface area contributed by atoms with Crippen LogP contribution in [0.3, 0.4) is 0 Å². The van der Waals surface area contributed by atoms with Crippen molar-refractivity contribution >= 4 is 36.3 Å². The van der Waals surface area contributed by atoms with E-state index in [0.717, 1.165) is 0 Å². The van der Waals surface area contributed by atoms with Crippen LogP contribution in [-0.2, 0) is 25.6 Å². The Bertz CT molecular complexity index is 711. The molecule has 8 N–H and O–H groups in total. The van der Waals surface area contributed by atoms with Crippen molar-refractivity contribution in [2.75, 3.05) is 5.75 Å². The lowest BCUT2D eigenvalue weighted by atomic mass is 10.1. The van der Waals surface area contributed by atoms with E-state index in [1.807, 2.05) is 0 Å². The van der Waals surface area contributed by atoms with Gasteiger partial charge in [0.15, 0.2) is 6.04 Å². The number of carboxylic acid groups (broad SMARTS) is 1. The Balaban J connectivity index is 2.96. The molecule has 0 spiro atoms. The summed E-state index contributed by atoms with van der Waals surface area (Å²) in [4.78, 5) is 54.7. The molecule has 0 radical (unpaired) electrons. The number of aliphatic carboxylic acids is 1. The highest BCUT2D eigenvalue weighted by Crippen LogP contribution is 2.03. The summed E-state index contributed by atoms with van der Waals surface area (Å²) in [6.45, 7) is 2.65. The maximum absolute atomic E-state index is 12.6. The number of imidazole rings is 1. The van der Waals surface area contributed by atoms with Gasteiger partial charge in [-0.25, -0.2) is 9.78 Å². The summed E-state index contributed by atoms with van der Waals surface area (Å²) in [5.74, 6) is -3.62. The molecule has 0 saturated heterocycles. The Morgan fingerprint density at radius 3 is 2.17 bits per heavy atom. The monoisotopic (exact) mass is 430 g/mol. The summed E-state index contributed by atoms with van der Waals surface area (Å²) < 4.78 is 0. The molecule has 5 atom stereocenters. The molecule has 0 aliphatic carbocycles. The highest BCUT2D eigenvalue weighted by Gasteiger charge is 2.31. The number of hydrogen-bond acceptors (Lipinski definition) is 8. The SMILES string of the molecule is CC(N)C(=O)NC(CS)C(=O)NC(Cc1cnc[nH]1)C(=O)NC(C(=O)O)C(C)O. The highest BCUT2D eigenvalue weighted by molar-refractivity contribution is 7.80. The molecule has 0 bridgehead atoms. The Hall–Kier alpha value is -2.64. The number of carbonyl (C=O) groups is 4. The maximum atomic E-state index is 12.6. The average Bonchev–Trinajstić information content (AvgIpc) is 3.15. The molecule has 1 rings (SSSR count). The van der Waals surface area contributed by atoms with Crippen LogP contribution in [0.4, 0.5) is 0 Å². The van der Waals surface area contributed by atoms with Gasteiger partial charge in [-0.3, -0.25) is 14.4 Å². The number of nitrogens with zero attached hydrogens (tertiary/aromatic N) is 1. The molecule has 29 heavy (non-hydrogen) atoms. The van der Waals surface area contributed by atoms with E-state index in [1.54, 1.807) is 0 Å². The standard InChI is InChI=1S/C16H26N6O6S/c1-7(17)13(24)21-11(5-29)15(26)20-10(3-9-4-18-6-19-9)14(25)22-12(8(2)23)16(27)28/h4,6-8,10-12,23,29H,3,5,17H2,1-2H3,(H,18,19)(H,20,26)(H,21,24)(H,22,25)(H,27,28). The number of aromatic amines is 1. The molecule has 1 heterocycles. The first-order chi connectivity index (χ1) is 13.6. The van der Waals surface area contributed by atoms with Gasteiger partial charge in [-0.1, -0.05) is 0 Å². The minimum absolute atomic E-state index is 0.0374. The van der Waals surface area contributed by atoms with Crippen LogP contribution < -0.4 is 21.7 Å². The topological polar surface area (TPSA) is 200 Å². The molecule has 3 amide bonds. The van der Waals surface area contributed by atoms with Gasteiger partial charge in [-0.15, -0.1) is 0 Å². The number of rotatable bonds is 11. The van der Waals surface area contributed by atoms with Crippen LogP contribution in [-0.4, -0.2) is 79.9 Å². The molecular formula is C16H26N6O6S. The van der Waals surface area contributed by atoms with E-state index >= 15 is 0 Å². The Labute approximate surface area is 172 Å². The number of nitrogens with two attached hydrogens (primary N) is 1. The number of carboxylic acids is 1. The van der Waals surface area contributed by atoms with Crippen molar-refractivity contribution in [1.82, 2.24) is 25.9 Å². The predicted molar refractivity (Wildman–Crippen MR) is 105 cm³/mol. The van der Waals surface area contributed by atoms with Crippen LogP contribution in [0.1, 0.15) is 19.5 Å². The van der Waals surface area contributed by atoms with Gasteiger partial charge in [0.25, 0.3) is 0 Å². The molecule has 1 aromatic heterocycles. The highest BCUT2D eigenvalue weighted by atomic mass is 32.1. The molecular weight excluding hydrogens is 404 g/mol. The summed E-state index contributed by atoms with van der Waals surface area (Å²) in [5.41, 5.74) is 5.96. The van der Waals surface area contributed by atoms with Crippen LogP contribution >= 0.6 is 12.6 Å². The fraction of sp³-hybridized carbons (Fsp3) is 0.562. The number of aliphatic hydroxyl groups is 1. The number of thiol groups is 1. The quantitative estimate of drug-likeness (QED) is 0.171. The molecule has 5 unspecified atom stereocenters. The normalized spacial score (nSPS) is 16.0. The molecule has 0 aliphatic heterocycles. The van der Waals surface area contributed by atoms with E-state index in [1.165, 1.54) is 26.4 Å². The molecule has 0 aliphatic rings. The van der Waals surface area contributed by atoms with Crippen molar-refractivity contribution in [2.24, 2.45) is 5.73 Å². The number of aliphatic hydroxyl groups excluding tert-OH is 1. The van der Waals surface area contributed by atoms with E-state index in [4.69, 9.17) is 10.8 Å². The van der Waals surface area contributed by atoms with E-state index in [0.29, 0.717) is 5.69 Å². The van der Waals surface area contributed by atoms with Crippen LogP contribution in [0.25, 0.3) is 0 Å². The zero-order chi connectivity index (χ0) is 22.1. The van der Waals surface area contributed by atoms with Gasteiger partial charge >= 0.3 is 5.97 Å². The lowest BCUT2D eigenvalue weighted by molar-refractivity contribution is -0.145. The van der Waals surface area contributed by atoms with Crippen LogP contribution in [0.15, 0.2) is 12.5 Å². The molecule has 12 nitrogen and oxygen atoms in total. The number of carbonyl (C=O) groups excluding carboxylic acids is 3. The van der Waals surface area contributed by atoms with Crippen molar-refractivity contribution in [2.45, 2.75) is 50.5 Å². The number of amides is 3. The Kier molecular flexibility index (Phi) is 9.58. The number of aromatic nitrogens is 2. The molecule has 1 aromatic rings. The third-order valence-electron chi connectivity index (χ3n) is 3.89. The minimum atomic E-state index is -1.57. The van der Waals surface area contributed by atoms with Crippen LogP contribution in [0.5, 0.6) is 0 Å². The van der Waals surface area contributed by atoms with Gasteiger partial charge in [-0.2, -0.15) is 12.6 Å². The number of H-pyrrole nitrogens is 1. The second kappa shape index (κ2) is 11.4. The van der Waals surface area contributed by atoms with Crippen molar-refractivity contribution in [1.29, 1.82) is 0 Å². The zero-order valence-electron chi connectivity index (χ0n) is 16.0. The van der Waals surface area contributed by atoms with Gasteiger partial charge in [0.1, 0.15) is 12.1 Å². The van der Waals surface area contributed by atoms with E-state index in [-0.39, 0.29) is 12.2 Å². The summed E-state index contributed by atoms with van der Waals surface area (Å²) in [5, 5.41) is 25.8. The lowest BCUT2D eigenvalue weighted by Crippen LogP contribution is -2.59. The first-order valence-electron chi connectivity index (χ1n) is 8.72. The summed E-state index contributed by atoms with van der Waals surface area (Å²) in [6.07, 6.45) is 1.41. The maximum Gasteiger partial charge on any atom is 0.328 e. The van der Waals surface area contributed by atoms with Crippen molar-refractivity contribution in [3.63, 3.8) is 0 Å². The summed E-state index contributed by atoms with van der Waals surface area (Å²) in [7, 11) is 0. The van der Waals surface area contributed by atoms with Crippen molar-refractivity contribution in [3.05, 3.63) is 18.2 Å². The summed E-state index contributed by atoms with van der Waals surface area (Å²) in [6, 6.07) is -4.70. The fourth-order valence-corrected chi connectivity index (χ4v) is 2.49. The Morgan fingerprint density at radius 1 is 1.14 bits per heavy atom. The zero-order valence-corrected chi connectivity index (χ0v) is 16.8. The predicted octanol–water partition coefficient (Wildman–Crippen LogP) is -2.85. The molecule has 0 saturated carbocycles. The van der Waals surface area contributed by atoms with Gasteiger partial charge in [0.05, 0.1) is 18.5 Å². The van der Waals surface area contributed by atoms with E-state index in [9.17, 15) is 24.3 Å². The number of nitrogens with one attached hydrogen (secondary N) is 4. The lowest BCUT2D eigenvalue weighted by Gasteiger charge is -2.24. The minimum Gasteiger partial charge on any atom is -0.480 e.